The van der Waals surface area contributed by atoms with Crippen LogP contribution in [-0.2, 0) is 13.0 Å². The zero-order chi connectivity index (χ0) is 16.1. The maximum absolute atomic E-state index is 12.4. The molecule has 0 saturated heterocycles. The smallest absolute Gasteiger partial charge is 0.255 e. The standard InChI is InChI=1S/C17H24N4O.ClH/c1-4-11-21-13(3)16(12(2)20-21)19-17(22)15-7-5-14(6-8-15)9-10-18;/h5-8H,4,9-11,18H2,1-3H3,(H,19,22);1H. The van der Waals surface area contributed by atoms with E-state index in [1.807, 2.05) is 42.8 Å². The van der Waals surface area contributed by atoms with Crippen LogP contribution in [0.15, 0.2) is 24.3 Å². The van der Waals surface area contributed by atoms with E-state index in [2.05, 4.69) is 17.3 Å². The summed E-state index contributed by atoms with van der Waals surface area (Å²) in [6.45, 7) is 7.48. The number of aromatic nitrogens is 2. The van der Waals surface area contributed by atoms with Crippen molar-refractivity contribution in [1.82, 2.24) is 9.78 Å². The van der Waals surface area contributed by atoms with Gasteiger partial charge in [0.05, 0.1) is 17.1 Å². The van der Waals surface area contributed by atoms with Crippen molar-refractivity contribution in [3.8, 4) is 0 Å². The third-order valence-electron chi connectivity index (χ3n) is 3.70. The Labute approximate surface area is 143 Å². The molecule has 1 heterocycles. The van der Waals surface area contributed by atoms with Crippen LogP contribution in [0.4, 0.5) is 5.69 Å². The van der Waals surface area contributed by atoms with E-state index < -0.39 is 0 Å². The van der Waals surface area contributed by atoms with E-state index >= 15 is 0 Å². The van der Waals surface area contributed by atoms with E-state index in [9.17, 15) is 4.79 Å². The van der Waals surface area contributed by atoms with Crippen LogP contribution in [-0.4, -0.2) is 22.2 Å². The van der Waals surface area contributed by atoms with E-state index in [0.717, 1.165) is 42.0 Å². The molecular formula is C17H25ClN4O. The molecule has 1 aromatic carbocycles. The van der Waals surface area contributed by atoms with Crippen LogP contribution >= 0.6 is 12.4 Å². The van der Waals surface area contributed by atoms with E-state index in [-0.39, 0.29) is 18.3 Å². The summed E-state index contributed by atoms with van der Waals surface area (Å²) < 4.78 is 1.94. The molecule has 126 valence electrons. The summed E-state index contributed by atoms with van der Waals surface area (Å²) in [6.07, 6.45) is 1.84. The molecule has 0 spiro atoms. The largest absolute Gasteiger partial charge is 0.330 e. The molecule has 0 aliphatic rings. The third-order valence-corrected chi connectivity index (χ3v) is 3.70. The van der Waals surface area contributed by atoms with Crippen LogP contribution in [0.5, 0.6) is 0 Å². The maximum atomic E-state index is 12.4. The summed E-state index contributed by atoms with van der Waals surface area (Å²) in [5.41, 5.74) is 9.96. The number of amides is 1. The highest BCUT2D eigenvalue weighted by atomic mass is 35.5. The highest BCUT2D eigenvalue weighted by molar-refractivity contribution is 6.04. The number of carbonyl (C=O) groups excluding carboxylic acids is 1. The summed E-state index contributed by atoms with van der Waals surface area (Å²) >= 11 is 0. The van der Waals surface area contributed by atoms with Crippen LogP contribution in [0, 0.1) is 13.8 Å². The molecule has 1 aromatic heterocycles. The SMILES string of the molecule is CCCn1nc(C)c(NC(=O)c2ccc(CCN)cc2)c1C.Cl. The molecule has 0 atom stereocenters. The second kappa shape index (κ2) is 8.70. The maximum Gasteiger partial charge on any atom is 0.255 e. The molecule has 0 aliphatic heterocycles. The fourth-order valence-corrected chi connectivity index (χ4v) is 2.48. The zero-order valence-electron chi connectivity index (χ0n) is 13.9. The molecule has 0 radical (unpaired) electrons. The van der Waals surface area contributed by atoms with Crippen molar-refractivity contribution >= 4 is 24.0 Å². The van der Waals surface area contributed by atoms with Gasteiger partial charge in [0.1, 0.15) is 0 Å². The molecule has 0 unspecified atom stereocenters. The van der Waals surface area contributed by atoms with Crippen molar-refractivity contribution in [1.29, 1.82) is 0 Å². The van der Waals surface area contributed by atoms with Gasteiger partial charge in [-0.1, -0.05) is 19.1 Å². The van der Waals surface area contributed by atoms with Crippen molar-refractivity contribution in [3.05, 3.63) is 46.8 Å². The van der Waals surface area contributed by atoms with Gasteiger partial charge in [-0.3, -0.25) is 9.48 Å². The molecular weight excluding hydrogens is 312 g/mol. The Kier molecular flexibility index (Phi) is 7.26. The Morgan fingerprint density at radius 1 is 1.26 bits per heavy atom. The van der Waals surface area contributed by atoms with Crippen LogP contribution in [0.2, 0.25) is 0 Å². The van der Waals surface area contributed by atoms with Crippen molar-refractivity contribution < 1.29 is 4.79 Å². The van der Waals surface area contributed by atoms with Gasteiger partial charge in [-0.15, -0.1) is 12.4 Å². The lowest BCUT2D eigenvalue weighted by atomic mass is 10.1. The van der Waals surface area contributed by atoms with Crippen molar-refractivity contribution in [2.45, 2.75) is 40.2 Å². The second-order valence-electron chi connectivity index (χ2n) is 5.46. The topological polar surface area (TPSA) is 72.9 Å². The number of benzene rings is 1. The molecule has 3 N–H and O–H groups in total. The summed E-state index contributed by atoms with van der Waals surface area (Å²) in [5, 5.41) is 7.45. The molecule has 5 nitrogen and oxygen atoms in total. The molecule has 2 rings (SSSR count). The Morgan fingerprint density at radius 3 is 2.48 bits per heavy atom. The first-order chi connectivity index (χ1) is 10.6. The Morgan fingerprint density at radius 2 is 1.91 bits per heavy atom. The van der Waals surface area contributed by atoms with E-state index in [4.69, 9.17) is 5.73 Å². The minimum absolute atomic E-state index is 0. The second-order valence-corrected chi connectivity index (χ2v) is 5.46. The molecule has 0 aliphatic carbocycles. The van der Waals surface area contributed by atoms with Crippen LogP contribution in [0.3, 0.4) is 0 Å². The molecule has 23 heavy (non-hydrogen) atoms. The van der Waals surface area contributed by atoms with Crippen LogP contribution in [0.25, 0.3) is 0 Å². The molecule has 0 bridgehead atoms. The first kappa shape index (κ1) is 19.2. The number of nitrogens with one attached hydrogen (secondary N) is 1. The van der Waals surface area contributed by atoms with Crippen LogP contribution < -0.4 is 11.1 Å². The Bertz CT molecular complexity index is 649. The molecule has 1 amide bonds. The number of nitrogens with zero attached hydrogens (tertiary/aromatic N) is 2. The lowest BCUT2D eigenvalue weighted by Gasteiger charge is -2.07. The summed E-state index contributed by atoms with van der Waals surface area (Å²) in [4.78, 5) is 12.4. The van der Waals surface area contributed by atoms with Gasteiger partial charge < -0.3 is 11.1 Å². The van der Waals surface area contributed by atoms with Gasteiger partial charge in [-0.2, -0.15) is 5.10 Å². The monoisotopic (exact) mass is 336 g/mol. The number of anilines is 1. The average Bonchev–Trinajstić information content (AvgIpc) is 2.76. The van der Waals surface area contributed by atoms with Gasteiger partial charge in [-0.05, 0) is 50.9 Å². The molecule has 6 heteroatoms. The highest BCUT2D eigenvalue weighted by Gasteiger charge is 2.14. The summed E-state index contributed by atoms with van der Waals surface area (Å²) in [5.74, 6) is -0.110. The molecule has 0 saturated carbocycles. The van der Waals surface area contributed by atoms with Gasteiger partial charge in [0, 0.05) is 12.1 Å². The highest BCUT2D eigenvalue weighted by Crippen LogP contribution is 2.20. The van der Waals surface area contributed by atoms with E-state index in [1.165, 1.54) is 0 Å². The van der Waals surface area contributed by atoms with Gasteiger partial charge in [0.25, 0.3) is 5.91 Å². The molecule has 2 aromatic rings. The lowest BCUT2D eigenvalue weighted by Crippen LogP contribution is -2.13. The van der Waals surface area contributed by atoms with Crippen molar-refractivity contribution in [2.75, 3.05) is 11.9 Å². The number of carbonyl (C=O) groups is 1. The van der Waals surface area contributed by atoms with Crippen LogP contribution in [0.1, 0.15) is 40.7 Å². The number of rotatable bonds is 6. The van der Waals surface area contributed by atoms with Gasteiger partial charge in [0.2, 0.25) is 0 Å². The third kappa shape index (κ3) is 4.56. The minimum Gasteiger partial charge on any atom is -0.330 e. The predicted molar refractivity (Wildman–Crippen MR) is 96.4 cm³/mol. The number of aryl methyl sites for hydroxylation is 2. The fraction of sp³-hybridized carbons (Fsp3) is 0.412. The first-order valence-corrected chi connectivity index (χ1v) is 7.71. The lowest BCUT2D eigenvalue weighted by molar-refractivity contribution is 0.102. The van der Waals surface area contributed by atoms with Crippen molar-refractivity contribution in [3.63, 3.8) is 0 Å². The summed E-state index contributed by atoms with van der Waals surface area (Å²) in [7, 11) is 0. The average molecular weight is 337 g/mol. The predicted octanol–water partition coefficient (Wildman–Crippen LogP) is 3.09. The first-order valence-electron chi connectivity index (χ1n) is 7.71. The summed E-state index contributed by atoms with van der Waals surface area (Å²) in [6, 6.07) is 7.56. The number of nitrogens with two attached hydrogens (primary N) is 1. The zero-order valence-corrected chi connectivity index (χ0v) is 14.7. The normalized spacial score (nSPS) is 10.3. The number of halogens is 1. The van der Waals surface area contributed by atoms with Gasteiger partial charge in [0.15, 0.2) is 0 Å². The fourth-order valence-electron chi connectivity index (χ4n) is 2.48. The Hall–Kier alpha value is -1.85. The van der Waals surface area contributed by atoms with E-state index in [1.54, 1.807) is 0 Å². The Balaban J connectivity index is 0.00000264. The van der Waals surface area contributed by atoms with Crippen molar-refractivity contribution in [2.24, 2.45) is 5.73 Å². The number of hydrogen-bond acceptors (Lipinski definition) is 3. The number of hydrogen-bond donors (Lipinski definition) is 2. The van der Waals surface area contributed by atoms with Gasteiger partial charge in [-0.25, -0.2) is 0 Å². The quantitative estimate of drug-likeness (QED) is 0.851. The van der Waals surface area contributed by atoms with Gasteiger partial charge >= 0.3 is 0 Å². The minimum atomic E-state index is -0.110. The molecule has 0 fully saturated rings. The van der Waals surface area contributed by atoms with E-state index in [0.29, 0.717) is 12.1 Å².